The van der Waals surface area contributed by atoms with Crippen LogP contribution in [0, 0.1) is 0 Å². The maximum absolute atomic E-state index is 13.1. The number of halogens is 5. The maximum Gasteiger partial charge on any atom is 0.310 e. The Kier molecular flexibility index (Phi) is 5.52. The van der Waals surface area contributed by atoms with Crippen LogP contribution in [0.25, 0.3) is 11.2 Å². The minimum absolute atomic E-state index is 0.122. The average Bonchev–Trinajstić information content (AvgIpc) is 3.27. The summed E-state index contributed by atoms with van der Waals surface area (Å²) < 4.78 is 65.4. The van der Waals surface area contributed by atoms with Gasteiger partial charge in [-0.3, -0.25) is 4.79 Å². The van der Waals surface area contributed by atoms with Crippen molar-refractivity contribution in [2.75, 3.05) is 31.9 Å². The Bertz CT molecular complexity index is 1320. The zero-order valence-electron chi connectivity index (χ0n) is 19.3. The van der Waals surface area contributed by atoms with Crippen molar-refractivity contribution in [3.63, 3.8) is 0 Å². The number of imidazole rings is 1. The van der Waals surface area contributed by atoms with E-state index in [1.807, 2.05) is 6.07 Å². The van der Waals surface area contributed by atoms with E-state index in [0.29, 0.717) is 31.8 Å². The lowest BCUT2D eigenvalue weighted by molar-refractivity contribution is 0.0714. The fourth-order valence-corrected chi connectivity index (χ4v) is 5.78. The summed E-state index contributed by atoms with van der Waals surface area (Å²) in [5.74, 6) is 0.831. The van der Waals surface area contributed by atoms with E-state index in [-0.39, 0.29) is 23.6 Å². The first kappa shape index (κ1) is 24.8. The summed E-state index contributed by atoms with van der Waals surface area (Å²) in [4.78, 5) is 25.0. The fourth-order valence-electron chi connectivity index (χ4n) is 5.11. The third kappa shape index (κ3) is 4.85. The second kappa shape index (κ2) is 8.04. The molecule has 5 rings (SSSR count). The summed E-state index contributed by atoms with van der Waals surface area (Å²) in [6.45, 7) is 2.59. The second-order valence-corrected chi connectivity index (χ2v) is 11.9. The van der Waals surface area contributed by atoms with Crippen molar-refractivity contribution in [2.45, 2.75) is 42.4 Å². The maximum atomic E-state index is 13.1. The van der Waals surface area contributed by atoms with Crippen LogP contribution >= 0.6 is 10.2 Å². The van der Waals surface area contributed by atoms with E-state index in [1.165, 1.54) is 4.90 Å². The zero-order chi connectivity index (χ0) is 25.8. The molecular weight excluding hydrogens is 503 g/mol. The SMILES string of the molecule is Nc1cc(S(F)(F)(F)(F)F)ccc1C(=O)N1CCC(c2ccnc3[nH]c(C4CCNCC4)nc23)CC1. The fraction of sp³-hybridized carbons (Fsp3) is 0.435. The van der Waals surface area contributed by atoms with Gasteiger partial charge in [-0.05, 0) is 74.5 Å². The molecule has 0 atom stereocenters. The van der Waals surface area contributed by atoms with Crippen molar-refractivity contribution in [3.8, 4) is 0 Å². The van der Waals surface area contributed by atoms with E-state index in [4.69, 9.17) is 10.7 Å². The molecule has 1 amide bonds. The number of hydrogen-bond donors (Lipinski definition) is 3. The highest BCUT2D eigenvalue weighted by atomic mass is 32.5. The van der Waals surface area contributed by atoms with Crippen molar-refractivity contribution in [1.82, 2.24) is 25.2 Å². The van der Waals surface area contributed by atoms with Crippen LogP contribution in [0.4, 0.5) is 25.1 Å². The Morgan fingerprint density at radius 3 is 2.33 bits per heavy atom. The van der Waals surface area contributed by atoms with Gasteiger partial charge in [-0.2, -0.15) is 0 Å². The second-order valence-electron chi connectivity index (χ2n) is 9.53. The van der Waals surface area contributed by atoms with Gasteiger partial charge in [0.15, 0.2) is 5.65 Å². The number of pyridine rings is 1. The summed E-state index contributed by atoms with van der Waals surface area (Å²) in [6, 6.07) is 3.04. The molecule has 0 radical (unpaired) electrons. The van der Waals surface area contributed by atoms with Gasteiger partial charge < -0.3 is 20.9 Å². The smallest absolute Gasteiger partial charge is 0.310 e. The Hall–Kier alpha value is -2.93. The molecule has 2 aliphatic rings. The number of nitrogens with two attached hydrogens (primary N) is 1. The van der Waals surface area contributed by atoms with Crippen molar-refractivity contribution in [2.24, 2.45) is 0 Å². The van der Waals surface area contributed by atoms with Gasteiger partial charge in [-0.25, -0.2) is 9.97 Å². The van der Waals surface area contributed by atoms with Crippen LogP contribution in [-0.4, -0.2) is 51.9 Å². The van der Waals surface area contributed by atoms with Crippen LogP contribution in [0.15, 0.2) is 35.4 Å². The Morgan fingerprint density at radius 1 is 1.00 bits per heavy atom. The van der Waals surface area contributed by atoms with Crippen molar-refractivity contribution in [3.05, 3.63) is 47.4 Å². The summed E-state index contributed by atoms with van der Waals surface area (Å²) in [5.41, 5.74) is 7.37. The molecule has 3 aromatic rings. The molecule has 0 aliphatic carbocycles. The van der Waals surface area contributed by atoms with Crippen LogP contribution in [0.5, 0.6) is 0 Å². The van der Waals surface area contributed by atoms with Gasteiger partial charge in [0.1, 0.15) is 16.2 Å². The minimum Gasteiger partial charge on any atom is -0.398 e. The number of H-pyrrole nitrogens is 1. The van der Waals surface area contributed by atoms with Gasteiger partial charge >= 0.3 is 10.2 Å². The standard InChI is InChI=1S/C23H27F5N6OS/c24-36(25,26,27,28)16-1-2-18(19(29)13-16)23(35)34-11-6-14(7-12-34)17-5-10-31-22-20(17)32-21(33-22)15-3-8-30-9-4-15/h1-2,5,10,13-15,30H,3-4,6-9,11-12,29H2,(H,31,32,33). The third-order valence-corrected chi connectivity index (χ3v) is 8.23. The molecular formula is C23H27F5N6OS. The number of likely N-dealkylation sites (tertiary alicyclic amines) is 1. The van der Waals surface area contributed by atoms with E-state index in [1.54, 1.807) is 6.20 Å². The number of amides is 1. The highest BCUT2D eigenvalue weighted by molar-refractivity contribution is 8.45. The molecule has 2 saturated heterocycles. The zero-order valence-corrected chi connectivity index (χ0v) is 20.1. The number of nitrogens with zero attached hydrogens (tertiary/aromatic N) is 3. The van der Waals surface area contributed by atoms with Gasteiger partial charge in [0.2, 0.25) is 0 Å². The molecule has 0 saturated carbocycles. The number of carbonyl (C=O) groups is 1. The lowest BCUT2D eigenvalue weighted by Gasteiger charge is -2.40. The van der Waals surface area contributed by atoms with Crippen LogP contribution in [-0.2, 0) is 0 Å². The summed E-state index contributed by atoms with van der Waals surface area (Å²) >= 11 is 0. The number of nitrogen functional groups attached to an aromatic ring is 1. The van der Waals surface area contributed by atoms with Crippen molar-refractivity contribution >= 4 is 33.0 Å². The number of aromatic amines is 1. The number of fused-ring (bicyclic) bond motifs is 1. The number of carbonyl (C=O) groups excluding carboxylic acids is 1. The van der Waals surface area contributed by atoms with Gasteiger partial charge in [0, 0.05) is 30.9 Å². The van der Waals surface area contributed by atoms with Crippen molar-refractivity contribution < 1.29 is 24.2 Å². The molecule has 0 spiro atoms. The molecule has 13 heteroatoms. The first-order chi connectivity index (χ1) is 16.8. The minimum atomic E-state index is -9.88. The number of aromatic nitrogens is 3. The van der Waals surface area contributed by atoms with Gasteiger partial charge in [-0.15, -0.1) is 0 Å². The van der Waals surface area contributed by atoms with Crippen LogP contribution in [0.3, 0.4) is 0 Å². The molecule has 36 heavy (non-hydrogen) atoms. The number of anilines is 1. The number of nitrogens with one attached hydrogen (secondary N) is 2. The molecule has 0 unspecified atom stereocenters. The molecule has 1 aromatic carbocycles. The molecule has 196 valence electrons. The van der Waals surface area contributed by atoms with Gasteiger partial charge in [0.05, 0.1) is 5.56 Å². The molecule has 7 nitrogen and oxygen atoms in total. The third-order valence-electron chi connectivity index (χ3n) is 7.08. The highest BCUT2D eigenvalue weighted by Crippen LogP contribution is 3.02. The lowest BCUT2D eigenvalue weighted by Crippen LogP contribution is -2.38. The molecule has 2 fully saturated rings. The average molecular weight is 531 g/mol. The van der Waals surface area contributed by atoms with Crippen LogP contribution in [0.1, 0.15) is 59.3 Å². The Labute approximate surface area is 204 Å². The number of hydrogen-bond acceptors (Lipinski definition) is 5. The van der Waals surface area contributed by atoms with Gasteiger partial charge in [-0.1, -0.05) is 19.4 Å². The lowest BCUT2D eigenvalue weighted by atomic mass is 9.89. The van der Waals surface area contributed by atoms with Crippen LogP contribution in [0.2, 0.25) is 0 Å². The van der Waals surface area contributed by atoms with E-state index >= 15 is 0 Å². The largest absolute Gasteiger partial charge is 0.398 e. The summed E-state index contributed by atoms with van der Waals surface area (Å²) in [7, 11) is -9.88. The number of benzene rings is 1. The number of piperidine rings is 2. The predicted molar refractivity (Wildman–Crippen MR) is 129 cm³/mol. The van der Waals surface area contributed by atoms with Crippen molar-refractivity contribution in [1.29, 1.82) is 0 Å². The molecule has 0 bridgehead atoms. The molecule has 4 N–H and O–H groups in total. The Morgan fingerprint density at radius 2 is 1.69 bits per heavy atom. The van der Waals surface area contributed by atoms with Gasteiger partial charge in [0.25, 0.3) is 5.91 Å². The Balaban J connectivity index is 1.31. The topological polar surface area (TPSA) is 99.9 Å². The quantitative estimate of drug-likeness (QED) is 0.298. The van der Waals surface area contributed by atoms with E-state index in [0.717, 1.165) is 54.5 Å². The molecule has 2 aliphatic heterocycles. The normalized spacial score (nSPS) is 20.3. The monoisotopic (exact) mass is 530 g/mol. The van der Waals surface area contributed by atoms with E-state index < -0.39 is 26.7 Å². The predicted octanol–water partition coefficient (Wildman–Crippen LogP) is 5.68. The summed E-state index contributed by atoms with van der Waals surface area (Å²) in [6.07, 6.45) is 4.97. The van der Waals surface area contributed by atoms with Crippen LogP contribution < -0.4 is 11.1 Å². The first-order valence-corrected chi connectivity index (χ1v) is 13.7. The first-order valence-electron chi connectivity index (χ1n) is 11.8. The molecule has 4 heterocycles. The van der Waals surface area contributed by atoms with E-state index in [2.05, 4.69) is 15.3 Å². The molecule has 2 aromatic heterocycles. The van der Waals surface area contributed by atoms with E-state index in [9.17, 15) is 24.2 Å². The number of rotatable bonds is 4. The summed E-state index contributed by atoms with van der Waals surface area (Å²) in [5, 5.41) is 3.34. The highest BCUT2D eigenvalue weighted by Gasteiger charge is 2.65.